The number of likely N-dealkylation sites (N-methyl/N-ethyl adjacent to an activating group) is 1. The highest BCUT2D eigenvalue weighted by Gasteiger charge is 2.25. The number of fused-ring (bicyclic) bond motifs is 2. The van der Waals surface area contributed by atoms with Crippen molar-refractivity contribution < 1.29 is 9.53 Å². The van der Waals surface area contributed by atoms with E-state index in [1.807, 2.05) is 49.4 Å². The third-order valence-corrected chi connectivity index (χ3v) is 7.23. The van der Waals surface area contributed by atoms with Crippen LogP contribution in [0.1, 0.15) is 30.6 Å². The number of para-hydroxylation sites is 2. The summed E-state index contributed by atoms with van der Waals surface area (Å²) in [5, 5.41) is 1.17. The predicted octanol–water partition coefficient (Wildman–Crippen LogP) is 5.29. The molecule has 4 rings (SSSR count). The molecule has 0 aliphatic rings. The maximum absolute atomic E-state index is 13.6. The Labute approximate surface area is 190 Å². The number of anilines is 1. The first-order chi connectivity index (χ1) is 15.1. The molecule has 2 aromatic heterocycles. The highest BCUT2D eigenvalue weighted by molar-refractivity contribution is 7.23. The maximum atomic E-state index is 13.6. The fraction of sp³-hybridized carbons (Fsp3) is 0.348. The van der Waals surface area contributed by atoms with Crippen LogP contribution in [0, 0.1) is 0 Å². The fourth-order valence-corrected chi connectivity index (χ4v) is 5.37. The number of benzene rings is 2. The molecule has 0 fully saturated rings. The largest absolute Gasteiger partial charge is 0.492 e. The molecule has 162 valence electrons. The summed E-state index contributed by atoms with van der Waals surface area (Å²) in [5.41, 5.74) is 1.65. The molecule has 0 aliphatic carbocycles. The summed E-state index contributed by atoms with van der Waals surface area (Å²) in [7, 11) is 0. The third kappa shape index (κ3) is 4.56. The molecule has 0 saturated carbocycles. The minimum atomic E-state index is -0.106. The van der Waals surface area contributed by atoms with Crippen LogP contribution in [0.4, 0.5) is 5.13 Å². The first kappa shape index (κ1) is 21.7. The van der Waals surface area contributed by atoms with E-state index < -0.39 is 0 Å². The van der Waals surface area contributed by atoms with Crippen molar-refractivity contribution in [3.63, 3.8) is 0 Å². The maximum Gasteiger partial charge on any atom is 0.289 e. The first-order valence-electron chi connectivity index (χ1n) is 10.6. The number of carbonyl (C=O) groups excluding carboxylic acids is 1. The Bertz CT molecular complexity index is 1150. The Morgan fingerprint density at radius 3 is 2.45 bits per heavy atom. The van der Waals surface area contributed by atoms with Crippen molar-refractivity contribution in [1.82, 2.24) is 14.9 Å². The second-order valence-corrected chi connectivity index (χ2v) is 9.04. The summed E-state index contributed by atoms with van der Waals surface area (Å²) in [6.07, 6.45) is 0. The highest BCUT2D eigenvalue weighted by atomic mass is 32.1. The van der Waals surface area contributed by atoms with Crippen molar-refractivity contribution in [2.75, 3.05) is 37.7 Å². The van der Waals surface area contributed by atoms with Gasteiger partial charge in [0.05, 0.1) is 21.5 Å². The van der Waals surface area contributed by atoms with Gasteiger partial charge in [-0.25, -0.2) is 9.97 Å². The summed E-state index contributed by atoms with van der Waals surface area (Å²) in [6.45, 7) is 10.0. The number of thiazole rings is 2. The number of rotatable bonds is 9. The Morgan fingerprint density at radius 1 is 0.935 bits per heavy atom. The monoisotopic (exact) mass is 454 g/mol. The topological polar surface area (TPSA) is 58.6 Å². The molecule has 1 amide bonds. The van der Waals surface area contributed by atoms with Crippen LogP contribution in [0.25, 0.3) is 20.4 Å². The van der Waals surface area contributed by atoms with Crippen LogP contribution in [0.2, 0.25) is 0 Å². The summed E-state index contributed by atoms with van der Waals surface area (Å²) in [4.78, 5) is 27.1. The molecule has 31 heavy (non-hydrogen) atoms. The Balaban J connectivity index is 1.72. The summed E-state index contributed by atoms with van der Waals surface area (Å²) in [6, 6.07) is 13.7. The van der Waals surface area contributed by atoms with Crippen LogP contribution >= 0.6 is 22.7 Å². The van der Waals surface area contributed by atoms with Crippen LogP contribution in [0.15, 0.2) is 42.5 Å². The van der Waals surface area contributed by atoms with Gasteiger partial charge < -0.3 is 9.64 Å². The zero-order valence-electron chi connectivity index (χ0n) is 18.0. The average molecular weight is 455 g/mol. The van der Waals surface area contributed by atoms with Crippen molar-refractivity contribution in [3.8, 4) is 5.75 Å². The van der Waals surface area contributed by atoms with Crippen molar-refractivity contribution in [2.45, 2.75) is 20.8 Å². The van der Waals surface area contributed by atoms with Crippen LogP contribution in [-0.4, -0.2) is 53.6 Å². The molecule has 0 bridgehead atoms. The van der Waals surface area contributed by atoms with Gasteiger partial charge in [0, 0.05) is 13.1 Å². The van der Waals surface area contributed by atoms with Crippen LogP contribution < -0.4 is 9.64 Å². The van der Waals surface area contributed by atoms with Gasteiger partial charge in [0.2, 0.25) is 0 Å². The fourth-order valence-electron chi connectivity index (χ4n) is 3.44. The van der Waals surface area contributed by atoms with Gasteiger partial charge in [0.25, 0.3) is 5.91 Å². The molecule has 0 N–H and O–H groups in total. The van der Waals surface area contributed by atoms with Crippen LogP contribution in [0.5, 0.6) is 5.75 Å². The molecule has 0 radical (unpaired) electrons. The van der Waals surface area contributed by atoms with E-state index in [4.69, 9.17) is 9.72 Å². The quantitative estimate of drug-likeness (QED) is 0.344. The van der Waals surface area contributed by atoms with Crippen molar-refractivity contribution in [1.29, 1.82) is 0 Å². The lowest BCUT2D eigenvalue weighted by Gasteiger charge is -2.24. The predicted molar refractivity (Wildman–Crippen MR) is 130 cm³/mol. The number of hydrogen-bond donors (Lipinski definition) is 0. The molecule has 4 aromatic rings. The molecule has 0 unspecified atom stereocenters. The van der Waals surface area contributed by atoms with Gasteiger partial charge in [-0.2, -0.15) is 0 Å². The zero-order valence-corrected chi connectivity index (χ0v) is 19.6. The van der Waals surface area contributed by atoms with Gasteiger partial charge in [0.15, 0.2) is 10.1 Å². The molecule has 0 saturated heterocycles. The van der Waals surface area contributed by atoms with Gasteiger partial charge in [0.1, 0.15) is 11.3 Å². The minimum absolute atomic E-state index is 0.106. The van der Waals surface area contributed by atoms with E-state index in [9.17, 15) is 4.79 Å². The van der Waals surface area contributed by atoms with E-state index in [1.165, 1.54) is 22.7 Å². The standard InChI is InChI=1S/C23H26N4O2S2/c1-4-26(5-2)14-15-27(22(28)21-24-16-10-7-8-12-18(16)30-21)23-25-20-17(29-6-3)11-9-13-19(20)31-23/h7-13H,4-6,14-15H2,1-3H3. The first-order valence-corrected chi connectivity index (χ1v) is 12.2. The SMILES string of the molecule is CCOc1cccc2sc(N(CCN(CC)CC)C(=O)c3nc4ccccc4s3)nc12. The lowest BCUT2D eigenvalue weighted by Crippen LogP contribution is -2.38. The molecule has 2 aromatic carbocycles. The van der Waals surface area contributed by atoms with Crippen molar-refractivity contribution in [3.05, 3.63) is 47.5 Å². The third-order valence-electron chi connectivity index (χ3n) is 5.16. The summed E-state index contributed by atoms with van der Waals surface area (Å²) >= 11 is 2.94. The zero-order chi connectivity index (χ0) is 21.8. The summed E-state index contributed by atoms with van der Waals surface area (Å²) < 4.78 is 7.77. The van der Waals surface area contributed by atoms with E-state index in [1.54, 1.807) is 4.90 Å². The van der Waals surface area contributed by atoms with E-state index >= 15 is 0 Å². The van der Waals surface area contributed by atoms with E-state index in [-0.39, 0.29) is 5.91 Å². The second-order valence-electron chi connectivity index (χ2n) is 7.00. The molecule has 8 heteroatoms. The van der Waals surface area contributed by atoms with Gasteiger partial charge >= 0.3 is 0 Å². The molecule has 6 nitrogen and oxygen atoms in total. The van der Waals surface area contributed by atoms with Gasteiger partial charge in [-0.05, 0) is 44.3 Å². The van der Waals surface area contributed by atoms with Crippen molar-refractivity contribution in [2.24, 2.45) is 0 Å². The minimum Gasteiger partial charge on any atom is -0.492 e. The normalized spacial score (nSPS) is 11.5. The lowest BCUT2D eigenvalue weighted by atomic mass is 10.3. The van der Waals surface area contributed by atoms with E-state index in [2.05, 4.69) is 23.7 Å². The van der Waals surface area contributed by atoms with Crippen LogP contribution in [-0.2, 0) is 0 Å². The van der Waals surface area contributed by atoms with Crippen LogP contribution in [0.3, 0.4) is 0 Å². The highest BCUT2D eigenvalue weighted by Crippen LogP contribution is 2.35. The Hall–Kier alpha value is -2.55. The molecule has 0 aliphatic heterocycles. The van der Waals surface area contributed by atoms with E-state index in [0.29, 0.717) is 23.3 Å². The molecular formula is C23H26N4O2S2. The number of aromatic nitrogens is 2. The molecular weight excluding hydrogens is 428 g/mol. The number of carbonyl (C=O) groups is 1. The number of hydrogen-bond acceptors (Lipinski definition) is 7. The Kier molecular flexibility index (Phi) is 6.80. The smallest absolute Gasteiger partial charge is 0.289 e. The lowest BCUT2D eigenvalue weighted by molar-refractivity contribution is 0.0983. The average Bonchev–Trinajstić information content (AvgIpc) is 3.41. The van der Waals surface area contributed by atoms with Gasteiger partial charge in [-0.1, -0.05) is 43.4 Å². The van der Waals surface area contributed by atoms with E-state index in [0.717, 1.165) is 45.8 Å². The molecule has 2 heterocycles. The Morgan fingerprint density at radius 2 is 1.71 bits per heavy atom. The summed E-state index contributed by atoms with van der Waals surface area (Å²) in [5.74, 6) is 0.643. The number of nitrogens with zero attached hydrogens (tertiary/aromatic N) is 4. The van der Waals surface area contributed by atoms with Gasteiger partial charge in [-0.3, -0.25) is 9.69 Å². The van der Waals surface area contributed by atoms with Crippen molar-refractivity contribution >= 4 is 54.1 Å². The molecule has 0 atom stereocenters. The molecule has 0 spiro atoms. The number of amides is 1. The van der Waals surface area contributed by atoms with Gasteiger partial charge in [-0.15, -0.1) is 11.3 Å². The second kappa shape index (κ2) is 9.72. The number of ether oxygens (including phenoxy) is 1.